The number of nitrogens with zero attached hydrogens (tertiary/aromatic N) is 1. The van der Waals surface area contributed by atoms with Gasteiger partial charge in [-0.05, 0) is 30.5 Å². The van der Waals surface area contributed by atoms with Gasteiger partial charge in [-0.15, -0.1) is 0 Å². The van der Waals surface area contributed by atoms with Crippen molar-refractivity contribution in [2.75, 3.05) is 5.32 Å². The van der Waals surface area contributed by atoms with Gasteiger partial charge >= 0.3 is 5.97 Å². The number of hydrogen-bond donors (Lipinski definition) is 2. The Morgan fingerprint density at radius 3 is 2.61 bits per heavy atom. The first kappa shape index (κ1) is 22.1. The molecule has 28 heavy (non-hydrogen) atoms. The Kier molecular flexibility index (Phi) is 7.74. The van der Waals surface area contributed by atoms with Crippen LogP contribution >= 0.6 is 15.9 Å². The molecule has 5 nitrogen and oxygen atoms in total. The van der Waals surface area contributed by atoms with Crippen molar-refractivity contribution in [1.29, 1.82) is 0 Å². The summed E-state index contributed by atoms with van der Waals surface area (Å²) >= 11 is 3.11. The number of pyridine rings is 1. The summed E-state index contributed by atoms with van der Waals surface area (Å²) in [5.41, 5.74) is -2.03. The van der Waals surface area contributed by atoms with Crippen LogP contribution in [0.1, 0.15) is 49.9 Å². The van der Waals surface area contributed by atoms with Crippen molar-refractivity contribution < 1.29 is 18.7 Å². The first-order valence-electron chi connectivity index (χ1n) is 9.16. The van der Waals surface area contributed by atoms with Crippen molar-refractivity contribution in [3.05, 3.63) is 56.4 Å². The highest BCUT2D eigenvalue weighted by atomic mass is 79.9. The lowest BCUT2D eigenvalue weighted by Gasteiger charge is -2.18. The number of anilines is 2. The van der Waals surface area contributed by atoms with E-state index >= 15 is 0 Å². The smallest absolute Gasteiger partial charge is 0.339 e. The van der Waals surface area contributed by atoms with Crippen LogP contribution in [0.2, 0.25) is 0 Å². The van der Waals surface area contributed by atoms with E-state index in [9.17, 15) is 23.5 Å². The molecule has 1 unspecified atom stereocenters. The maximum Gasteiger partial charge on any atom is 0.339 e. The summed E-state index contributed by atoms with van der Waals surface area (Å²) in [6.07, 6.45) is 4.77. The van der Waals surface area contributed by atoms with Gasteiger partial charge in [0.05, 0.1) is 11.4 Å². The zero-order valence-electron chi connectivity index (χ0n) is 15.8. The van der Waals surface area contributed by atoms with Gasteiger partial charge < -0.3 is 15.0 Å². The molecule has 0 bridgehead atoms. The normalized spacial score (nSPS) is 12.0. The average molecular weight is 457 g/mol. The lowest BCUT2D eigenvalue weighted by atomic mass is 9.99. The third-order valence-electron chi connectivity index (χ3n) is 4.64. The number of benzene rings is 1. The number of carboxylic acid groups (broad SMARTS) is 1. The number of aromatic carboxylic acids is 1. The molecule has 0 fully saturated rings. The zero-order chi connectivity index (χ0) is 20.8. The van der Waals surface area contributed by atoms with Crippen molar-refractivity contribution in [3.63, 3.8) is 0 Å². The lowest BCUT2D eigenvalue weighted by molar-refractivity contribution is 0.0696. The molecule has 0 aliphatic rings. The maximum atomic E-state index is 14.8. The topological polar surface area (TPSA) is 71.3 Å². The van der Waals surface area contributed by atoms with Crippen LogP contribution in [0, 0.1) is 17.6 Å². The molecular weight excluding hydrogens is 434 g/mol. The maximum absolute atomic E-state index is 14.8. The van der Waals surface area contributed by atoms with Crippen molar-refractivity contribution in [2.45, 2.75) is 46.1 Å². The summed E-state index contributed by atoms with van der Waals surface area (Å²) in [6, 6.07) is 4.00. The third kappa shape index (κ3) is 5.19. The van der Waals surface area contributed by atoms with Crippen molar-refractivity contribution >= 4 is 33.3 Å². The minimum Gasteiger partial charge on any atom is -0.478 e. The monoisotopic (exact) mass is 456 g/mol. The molecule has 1 heterocycles. The molecule has 2 aromatic rings. The van der Waals surface area contributed by atoms with Crippen LogP contribution in [0.15, 0.2) is 33.7 Å². The number of halogens is 3. The second-order valence-electron chi connectivity index (χ2n) is 6.66. The highest BCUT2D eigenvalue weighted by Crippen LogP contribution is 2.27. The Bertz CT molecular complexity index is 915. The Morgan fingerprint density at radius 1 is 1.32 bits per heavy atom. The van der Waals surface area contributed by atoms with E-state index < -0.39 is 34.4 Å². The van der Waals surface area contributed by atoms with Gasteiger partial charge in [-0.3, -0.25) is 4.79 Å². The molecule has 2 N–H and O–H groups in total. The van der Waals surface area contributed by atoms with Crippen LogP contribution in [0.5, 0.6) is 0 Å². The van der Waals surface area contributed by atoms with Crippen molar-refractivity contribution in [2.24, 2.45) is 5.92 Å². The van der Waals surface area contributed by atoms with Gasteiger partial charge in [0.2, 0.25) is 5.82 Å². The summed E-state index contributed by atoms with van der Waals surface area (Å²) < 4.78 is 30.4. The molecule has 0 amide bonds. The summed E-state index contributed by atoms with van der Waals surface area (Å²) in [4.78, 5) is 24.1. The van der Waals surface area contributed by atoms with Crippen LogP contribution in [-0.4, -0.2) is 15.6 Å². The lowest BCUT2D eigenvalue weighted by Crippen LogP contribution is -2.29. The highest BCUT2D eigenvalue weighted by Gasteiger charge is 2.22. The molecule has 152 valence electrons. The van der Waals surface area contributed by atoms with Crippen molar-refractivity contribution in [1.82, 2.24) is 4.57 Å². The molecule has 1 atom stereocenters. The fourth-order valence-electron chi connectivity index (χ4n) is 2.97. The first-order chi connectivity index (χ1) is 13.3. The molecule has 0 aliphatic carbocycles. The van der Waals surface area contributed by atoms with Crippen LogP contribution in [0.3, 0.4) is 0 Å². The predicted molar refractivity (Wildman–Crippen MR) is 108 cm³/mol. The molecule has 2 rings (SSSR count). The summed E-state index contributed by atoms with van der Waals surface area (Å²) in [6.45, 7) is 4.27. The van der Waals surface area contributed by atoms with E-state index in [4.69, 9.17) is 0 Å². The Balaban J connectivity index is 2.46. The molecule has 0 radical (unpaired) electrons. The van der Waals surface area contributed by atoms with E-state index in [0.717, 1.165) is 42.5 Å². The molecule has 8 heteroatoms. The van der Waals surface area contributed by atoms with Gasteiger partial charge in [0.15, 0.2) is 0 Å². The van der Waals surface area contributed by atoms with Crippen LogP contribution in [-0.2, 0) is 6.54 Å². The van der Waals surface area contributed by atoms with Crippen LogP contribution < -0.4 is 10.9 Å². The summed E-state index contributed by atoms with van der Waals surface area (Å²) in [7, 11) is 0. The number of carboxylic acids is 1. The fourth-order valence-corrected chi connectivity index (χ4v) is 3.30. The third-order valence-corrected chi connectivity index (χ3v) is 5.14. The van der Waals surface area contributed by atoms with Gasteiger partial charge in [-0.1, -0.05) is 49.0 Å². The standard InChI is InChI=1S/C20H23BrF2N2O3/c1-3-5-6-12(4-2)10-25-11-14(20(27)28)18(17(23)19(25)26)24-16-8-7-13(21)9-15(16)22/h7-9,11-12,24H,3-6,10H2,1-2H3,(H,27,28). The number of nitrogens with one attached hydrogen (secondary N) is 1. The second-order valence-corrected chi connectivity index (χ2v) is 7.58. The number of carbonyl (C=O) groups is 1. The van der Waals surface area contributed by atoms with Crippen LogP contribution in [0.4, 0.5) is 20.2 Å². The largest absolute Gasteiger partial charge is 0.478 e. The quantitative estimate of drug-likeness (QED) is 0.518. The minimum atomic E-state index is -1.41. The zero-order valence-corrected chi connectivity index (χ0v) is 17.4. The molecule has 0 spiro atoms. The molecule has 1 aromatic carbocycles. The number of hydrogen-bond acceptors (Lipinski definition) is 3. The molecule has 0 aliphatic heterocycles. The molecule has 1 aromatic heterocycles. The summed E-state index contributed by atoms with van der Waals surface area (Å²) in [5, 5.41) is 11.9. The number of unbranched alkanes of at least 4 members (excludes halogenated alkanes) is 1. The molecular formula is C20H23BrF2N2O3. The van der Waals surface area contributed by atoms with E-state index in [1.54, 1.807) is 0 Å². The molecule has 0 saturated heterocycles. The SMILES string of the molecule is CCCCC(CC)Cn1cc(C(=O)O)c(Nc2ccc(Br)cc2F)c(F)c1=O. The van der Waals surface area contributed by atoms with Gasteiger partial charge in [0.25, 0.3) is 5.56 Å². The number of rotatable bonds is 9. The van der Waals surface area contributed by atoms with E-state index in [2.05, 4.69) is 28.2 Å². The van der Waals surface area contributed by atoms with E-state index in [1.807, 2.05) is 6.92 Å². The highest BCUT2D eigenvalue weighted by molar-refractivity contribution is 9.10. The van der Waals surface area contributed by atoms with Gasteiger partial charge in [0.1, 0.15) is 11.4 Å². The average Bonchev–Trinajstić information content (AvgIpc) is 2.65. The summed E-state index contributed by atoms with van der Waals surface area (Å²) in [5.74, 6) is -3.22. The Hall–Kier alpha value is -2.22. The van der Waals surface area contributed by atoms with E-state index in [1.165, 1.54) is 12.1 Å². The number of aromatic nitrogens is 1. The van der Waals surface area contributed by atoms with E-state index in [-0.39, 0.29) is 18.2 Å². The first-order valence-corrected chi connectivity index (χ1v) is 9.96. The Labute approximate surface area is 170 Å². The van der Waals surface area contributed by atoms with Crippen molar-refractivity contribution in [3.8, 4) is 0 Å². The Morgan fingerprint density at radius 2 is 2.04 bits per heavy atom. The minimum absolute atomic E-state index is 0.129. The molecule has 0 saturated carbocycles. The van der Waals surface area contributed by atoms with E-state index in [0.29, 0.717) is 4.47 Å². The second kappa shape index (κ2) is 9.82. The van der Waals surface area contributed by atoms with Gasteiger partial charge in [-0.25, -0.2) is 9.18 Å². The fraction of sp³-hybridized carbons (Fsp3) is 0.400. The predicted octanol–water partition coefficient (Wildman–Crippen LogP) is 5.55. The van der Waals surface area contributed by atoms with Gasteiger partial charge in [-0.2, -0.15) is 4.39 Å². The van der Waals surface area contributed by atoms with Crippen LogP contribution in [0.25, 0.3) is 0 Å². The van der Waals surface area contributed by atoms with Gasteiger partial charge in [0, 0.05) is 17.2 Å².